The smallest absolute Gasteiger partial charge is 0.234 e. The maximum atomic E-state index is 12.9. The molecule has 6 rings (SSSR count). The van der Waals surface area contributed by atoms with E-state index in [0.29, 0.717) is 18.5 Å². The van der Waals surface area contributed by atoms with Gasteiger partial charge in [-0.05, 0) is 94.4 Å². The second kappa shape index (κ2) is 6.00. The van der Waals surface area contributed by atoms with Crippen molar-refractivity contribution in [2.45, 2.75) is 88.6 Å². The summed E-state index contributed by atoms with van der Waals surface area (Å²) in [6, 6.07) is 0.703. The summed E-state index contributed by atoms with van der Waals surface area (Å²) in [5.41, 5.74) is 0.188. The van der Waals surface area contributed by atoms with Gasteiger partial charge in [0.15, 0.2) is 0 Å². The summed E-state index contributed by atoms with van der Waals surface area (Å²) < 4.78 is 0. The van der Waals surface area contributed by atoms with Crippen LogP contribution in [0.3, 0.4) is 0 Å². The second-order valence-electron chi connectivity index (χ2n) is 9.97. The molecule has 134 valence electrons. The zero-order chi connectivity index (χ0) is 16.1. The number of nitrogens with zero attached hydrogens (tertiary/aromatic N) is 1. The van der Waals surface area contributed by atoms with Crippen LogP contribution in [0, 0.1) is 23.7 Å². The lowest BCUT2D eigenvalue weighted by molar-refractivity contribution is -0.129. The van der Waals surface area contributed by atoms with E-state index in [9.17, 15) is 4.79 Å². The largest absolute Gasteiger partial charge is 0.350 e. The minimum Gasteiger partial charge on any atom is -0.350 e. The zero-order valence-electron chi connectivity index (χ0n) is 15.1. The Morgan fingerprint density at radius 2 is 1.54 bits per heavy atom. The van der Waals surface area contributed by atoms with Crippen molar-refractivity contribution in [3.63, 3.8) is 0 Å². The molecule has 0 aromatic heterocycles. The lowest BCUT2D eigenvalue weighted by atomic mass is 9.53. The van der Waals surface area contributed by atoms with E-state index in [4.69, 9.17) is 0 Å². The molecule has 1 saturated heterocycles. The van der Waals surface area contributed by atoms with Crippen LogP contribution < -0.4 is 5.32 Å². The highest BCUT2D eigenvalue weighted by atomic mass is 16.2. The van der Waals surface area contributed by atoms with Crippen LogP contribution in [-0.4, -0.2) is 35.5 Å². The molecule has 6 fully saturated rings. The Bertz CT molecular complexity index is 465. The molecule has 0 aromatic rings. The van der Waals surface area contributed by atoms with E-state index in [1.165, 1.54) is 77.0 Å². The number of rotatable bonds is 3. The lowest BCUT2D eigenvalue weighted by Crippen LogP contribution is -2.61. The monoisotopic (exact) mass is 330 g/mol. The molecule has 0 aromatic carbocycles. The Balaban J connectivity index is 1.23. The lowest BCUT2D eigenvalue weighted by Gasteiger charge is -2.57. The number of amides is 1. The number of likely N-dealkylation sites (tertiary alicyclic amines) is 1. The topological polar surface area (TPSA) is 32.3 Å². The molecule has 3 nitrogen and oxygen atoms in total. The first kappa shape index (κ1) is 15.7. The van der Waals surface area contributed by atoms with Gasteiger partial charge in [-0.2, -0.15) is 0 Å². The van der Waals surface area contributed by atoms with Gasteiger partial charge < -0.3 is 5.32 Å². The van der Waals surface area contributed by atoms with Gasteiger partial charge in [0.05, 0.1) is 6.54 Å². The Morgan fingerprint density at radius 1 is 0.917 bits per heavy atom. The molecule has 1 heterocycles. The van der Waals surface area contributed by atoms with Gasteiger partial charge in [0.1, 0.15) is 0 Å². The Morgan fingerprint density at radius 3 is 2.25 bits per heavy atom. The van der Waals surface area contributed by atoms with Gasteiger partial charge in [-0.25, -0.2) is 0 Å². The van der Waals surface area contributed by atoms with Gasteiger partial charge in [0, 0.05) is 11.6 Å². The highest BCUT2D eigenvalue weighted by molar-refractivity contribution is 5.79. The highest BCUT2D eigenvalue weighted by Crippen LogP contribution is 2.55. The van der Waals surface area contributed by atoms with Crippen molar-refractivity contribution < 1.29 is 4.79 Å². The fraction of sp³-hybridized carbons (Fsp3) is 0.952. The summed E-state index contributed by atoms with van der Waals surface area (Å²) in [6.45, 7) is 1.82. The predicted octanol–water partition coefficient (Wildman–Crippen LogP) is 3.73. The molecule has 5 saturated carbocycles. The van der Waals surface area contributed by atoms with E-state index in [-0.39, 0.29) is 5.54 Å². The van der Waals surface area contributed by atoms with E-state index in [1.54, 1.807) is 0 Å². The van der Waals surface area contributed by atoms with E-state index in [2.05, 4.69) is 10.2 Å². The first-order valence-electron chi connectivity index (χ1n) is 10.7. The fourth-order valence-corrected chi connectivity index (χ4v) is 7.71. The number of carbonyl (C=O) groups excluding carboxylic acids is 1. The number of fused-ring (bicyclic) bond motifs is 1. The third-order valence-corrected chi connectivity index (χ3v) is 8.15. The average Bonchev–Trinajstić information content (AvgIpc) is 2.53. The summed E-state index contributed by atoms with van der Waals surface area (Å²) in [4.78, 5) is 15.5. The van der Waals surface area contributed by atoms with Crippen molar-refractivity contribution in [3.05, 3.63) is 0 Å². The summed E-state index contributed by atoms with van der Waals surface area (Å²) >= 11 is 0. The normalized spacial score (nSPS) is 47.4. The quantitative estimate of drug-likeness (QED) is 0.855. The second-order valence-corrected chi connectivity index (χ2v) is 9.97. The van der Waals surface area contributed by atoms with Gasteiger partial charge in [-0.1, -0.05) is 12.8 Å². The van der Waals surface area contributed by atoms with Crippen LogP contribution in [0.5, 0.6) is 0 Å². The Hall–Kier alpha value is -0.570. The molecular formula is C21H34N2O. The van der Waals surface area contributed by atoms with Crippen LogP contribution in [0.25, 0.3) is 0 Å². The maximum absolute atomic E-state index is 12.9. The van der Waals surface area contributed by atoms with Gasteiger partial charge >= 0.3 is 0 Å². The van der Waals surface area contributed by atoms with Crippen LogP contribution in [0.4, 0.5) is 0 Å². The van der Waals surface area contributed by atoms with Gasteiger partial charge in [0.25, 0.3) is 0 Å². The van der Waals surface area contributed by atoms with Crippen LogP contribution in [0.2, 0.25) is 0 Å². The van der Waals surface area contributed by atoms with E-state index in [1.807, 2.05) is 0 Å². The van der Waals surface area contributed by atoms with E-state index >= 15 is 0 Å². The van der Waals surface area contributed by atoms with Gasteiger partial charge in [0.2, 0.25) is 5.91 Å². The van der Waals surface area contributed by atoms with Crippen LogP contribution in [-0.2, 0) is 4.79 Å². The minimum atomic E-state index is 0.188. The Labute approximate surface area is 146 Å². The zero-order valence-corrected chi connectivity index (χ0v) is 15.1. The third-order valence-electron chi connectivity index (χ3n) is 8.15. The van der Waals surface area contributed by atoms with E-state index in [0.717, 1.165) is 30.2 Å². The molecule has 4 bridgehead atoms. The molecule has 0 unspecified atom stereocenters. The molecule has 3 heteroatoms. The average molecular weight is 331 g/mol. The highest BCUT2D eigenvalue weighted by Gasteiger charge is 2.51. The number of hydrogen-bond donors (Lipinski definition) is 1. The molecule has 1 aliphatic heterocycles. The molecule has 1 N–H and O–H groups in total. The SMILES string of the molecule is O=C(CN1CCC[C@@H]2CCCC[C@H]21)NC12CC3CC(CC(C3)C1)C2. The molecular weight excluding hydrogens is 296 g/mol. The van der Waals surface area contributed by atoms with Crippen LogP contribution >= 0.6 is 0 Å². The fourth-order valence-electron chi connectivity index (χ4n) is 7.71. The molecule has 2 atom stereocenters. The first-order chi connectivity index (χ1) is 11.7. The number of nitrogens with one attached hydrogen (secondary N) is 1. The number of piperidine rings is 1. The molecule has 6 aliphatic rings. The molecule has 1 amide bonds. The molecule has 0 radical (unpaired) electrons. The molecule has 24 heavy (non-hydrogen) atoms. The third kappa shape index (κ3) is 2.81. The van der Waals surface area contributed by atoms with Crippen molar-refractivity contribution in [2.75, 3.05) is 13.1 Å². The van der Waals surface area contributed by atoms with Crippen molar-refractivity contribution in [1.29, 1.82) is 0 Å². The van der Waals surface area contributed by atoms with Crippen molar-refractivity contribution >= 4 is 5.91 Å². The first-order valence-corrected chi connectivity index (χ1v) is 10.7. The summed E-state index contributed by atoms with van der Waals surface area (Å²) in [5.74, 6) is 3.95. The number of hydrogen-bond acceptors (Lipinski definition) is 2. The van der Waals surface area contributed by atoms with Gasteiger partial charge in [-0.15, -0.1) is 0 Å². The van der Waals surface area contributed by atoms with Crippen LogP contribution in [0.1, 0.15) is 77.0 Å². The van der Waals surface area contributed by atoms with Crippen LogP contribution in [0.15, 0.2) is 0 Å². The van der Waals surface area contributed by atoms with Crippen molar-refractivity contribution in [3.8, 4) is 0 Å². The van der Waals surface area contributed by atoms with Crippen molar-refractivity contribution in [1.82, 2.24) is 10.2 Å². The molecule has 0 spiro atoms. The van der Waals surface area contributed by atoms with Gasteiger partial charge in [-0.3, -0.25) is 9.69 Å². The number of carbonyl (C=O) groups is 1. The summed E-state index contributed by atoms with van der Waals surface area (Å²) in [5, 5.41) is 3.59. The van der Waals surface area contributed by atoms with Crippen molar-refractivity contribution in [2.24, 2.45) is 23.7 Å². The minimum absolute atomic E-state index is 0.188. The van der Waals surface area contributed by atoms with E-state index < -0.39 is 0 Å². The molecule has 5 aliphatic carbocycles. The standard InChI is InChI=1S/C21H34N2O/c24-20(14-23-7-3-5-18-4-1-2-6-19(18)23)22-21-11-15-8-16(12-21)10-17(9-15)13-21/h15-19H,1-14H2,(H,22,24)/t15?,16?,17?,18-,19+,21?/m0/s1. The summed E-state index contributed by atoms with van der Waals surface area (Å²) in [6.07, 6.45) is 16.4. The maximum Gasteiger partial charge on any atom is 0.234 e. The summed E-state index contributed by atoms with van der Waals surface area (Å²) in [7, 11) is 0. The Kier molecular flexibility index (Phi) is 3.92. The predicted molar refractivity (Wildman–Crippen MR) is 95.6 cm³/mol.